The first-order valence-corrected chi connectivity index (χ1v) is 9.09. The third-order valence-electron chi connectivity index (χ3n) is 3.78. The van der Waals surface area contributed by atoms with Crippen LogP contribution < -0.4 is 10.2 Å². The summed E-state index contributed by atoms with van der Waals surface area (Å²) in [6, 6.07) is 16.1. The summed E-state index contributed by atoms with van der Waals surface area (Å²) in [7, 11) is -1.38. The third kappa shape index (κ3) is 3.89. The fourth-order valence-corrected chi connectivity index (χ4v) is 3.58. The van der Waals surface area contributed by atoms with Gasteiger partial charge in [-0.3, -0.25) is 13.8 Å². The van der Waals surface area contributed by atoms with Crippen molar-refractivity contribution in [1.82, 2.24) is 0 Å². The van der Waals surface area contributed by atoms with Crippen LogP contribution >= 0.6 is 0 Å². The van der Waals surface area contributed by atoms with Crippen LogP contribution in [0.15, 0.2) is 59.5 Å². The predicted molar refractivity (Wildman–Crippen MR) is 94.4 cm³/mol. The number of benzene rings is 2. The summed E-state index contributed by atoms with van der Waals surface area (Å²) in [4.78, 5) is 26.3. The molecule has 3 rings (SSSR count). The monoisotopic (exact) mass is 342 g/mol. The SMILES string of the molecule is O=C(CS(=O)c1ccccc1)Nc1cccc(N2CCCC2=O)c1. The minimum absolute atomic E-state index is 0.100. The minimum atomic E-state index is -1.38. The van der Waals surface area contributed by atoms with Gasteiger partial charge in [0, 0.05) is 29.2 Å². The van der Waals surface area contributed by atoms with E-state index in [1.54, 1.807) is 47.4 Å². The van der Waals surface area contributed by atoms with Gasteiger partial charge in [-0.15, -0.1) is 0 Å². The number of nitrogens with zero attached hydrogens (tertiary/aromatic N) is 1. The maximum absolute atomic E-state index is 12.2. The van der Waals surface area contributed by atoms with Crippen LogP contribution in [0.5, 0.6) is 0 Å². The number of rotatable bonds is 5. The fraction of sp³-hybridized carbons (Fsp3) is 0.222. The van der Waals surface area contributed by atoms with Gasteiger partial charge in [0.05, 0.1) is 10.8 Å². The quantitative estimate of drug-likeness (QED) is 0.908. The molecule has 124 valence electrons. The van der Waals surface area contributed by atoms with Gasteiger partial charge in [0.15, 0.2) is 0 Å². The first-order chi connectivity index (χ1) is 11.6. The van der Waals surface area contributed by atoms with Crippen molar-refractivity contribution in [3.05, 3.63) is 54.6 Å². The number of anilines is 2. The van der Waals surface area contributed by atoms with Crippen LogP contribution in [0.2, 0.25) is 0 Å². The van der Waals surface area contributed by atoms with Gasteiger partial charge in [0.2, 0.25) is 11.8 Å². The summed E-state index contributed by atoms with van der Waals surface area (Å²) in [6.45, 7) is 0.703. The molecule has 0 bridgehead atoms. The molecule has 0 saturated carbocycles. The molecule has 0 radical (unpaired) electrons. The molecule has 1 aliphatic rings. The first kappa shape index (κ1) is 16.4. The number of hydrogen-bond donors (Lipinski definition) is 1. The van der Waals surface area contributed by atoms with Crippen LogP contribution in [0.4, 0.5) is 11.4 Å². The van der Waals surface area contributed by atoms with Crippen molar-refractivity contribution in [2.24, 2.45) is 0 Å². The summed E-state index contributed by atoms with van der Waals surface area (Å²) in [6.07, 6.45) is 1.41. The van der Waals surface area contributed by atoms with E-state index in [9.17, 15) is 13.8 Å². The Kier molecular flexibility index (Phi) is 5.05. The standard InChI is InChI=1S/C18H18N2O3S/c21-17(13-24(23)16-8-2-1-3-9-16)19-14-6-4-7-15(12-14)20-11-5-10-18(20)22/h1-4,6-9,12H,5,10-11,13H2,(H,19,21). The summed E-state index contributed by atoms with van der Waals surface area (Å²) < 4.78 is 12.2. The molecule has 2 aromatic rings. The van der Waals surface area contributed by atoms with E-state index in [0.29, 0.717) is 23.5 Å². The topological polar surface area (TPSA) is 66.5 Å². The molecular weight excluding hydrogens is 324 g/mol. The molecule has 1 heterocycles. The fourth-order valence-electron chi connectivity index (χ4n) is 2.64. The molecule has 0 aromatic heterocycles. The lowest BCUT2D eigenvalue weighted by molar-refractivity contribution is -0.117. The summed E-state index contributed by atoms with van der Waals surface area (Å²) in [5, 5.41) is 2.75. The van der Waals surface area contributed by atoms with Gasteiger partial charge < -0.3 is 10.2 Å². The largest absolute Gasteiger partial charge is 0.325 e. The average Bonchev–Trinajstić information content (AvgIpc) is 3.02. The Morgan fingerprint density at radius 3 is 2.62 bits per heavy atom. The van der Waals surface area contributed by atoms with E-state index in [2.05, 4.69) is 5.32 Å². The van der Waals surface area contributed by atoms with Gasteiger partial charge in [0.1, 0.15) is 5.75 Å². The highest BCUT2D eigenvalue weighted by atomic mass is 32.2. The minimum Gasteiger partial charge on any atom is -0.325 e. The Hall–Kier alpha value is -2.47. The molecule has 6 heteroatoms. The molecule has 0 aliphatic carbocycles. The van der Waals surface area contributed by atoms with Crippen LogP contribution in [0, 0.1) is 0 Å². The van der Waals surface area contributed by atoms with Crippen LogP contribution in [0.3, 0.4) is 0 Å². The Bertz CT molecular complexity index is 777. The number of carbonyl (C=O) groups is 2. The first-order valence-electron chi connectivity index (χ1n) is 7.77. The molecule has 1 N–H and O–H groups in total. The van der Waals surface area contributed by atoms with Crippen molar-refractivity contribution in [3.63, 3.8) is 0 Å². The molecule has 2 aromatic carbocycles. The van der Waals surface area contributed by atoms with Crippen molar-refractivity contribution in [1.29, 1.82) is 0 Å². The molecule has 0 spiro atoms. The zero-order valence-electron chi connectivity index (χ0n) is 13.1. The van der Waals surface area contributed by atoms with Crippen molar-refractivity contribution in [3.8, 4) is 0 Å². The van der Waals surface area contributed by atoms with E-state index >= 15 is 0 Å². The second kappa shape index (κ2) is 7.40. The second-order valence-electron chi connectivity index (χ2n) is 5.55. The number of nitrogens with one attached hydrogen (secondary N) is 1. The normalized spacial score (nSPS) is 15.3. The van der Waals surface area contributed by atoms with Crippen molar-refractivity contribution in [2.75, 3.05) is 22.5 Å². The molecule has 1 fully saturated rings. The Labute approximate surface area is 143 Å². The highest BCUT2D eigenvalue weighted by molar-refractivity contribution is 7.85. The molecule has 1 saturated heterocycles. The Balaban J connectivity index is 1.64. The lowest BCUT2D eigenvalue weighted by atomic mass is 10.2. The van der Waals surface area contributed by atoms with Gasteiger partial charge in [0.25, 0.3) is 0 Å². The number of amides is 2. The number of hydrogen-bond acceptors (Lipinski definition) is 3. The average molecular weight is 342 g/mol. The second-order valence-corrected chi connectivity index (χ2v) is 7.00. The van der Waals surface area contributed by atoms with E-state index in [-0.39, 0.29) is 17.6 Å². The molecule has 1 unspecified atom stereocenters. The third-order valence-corrected chi connectivity index (χ3v) is 5.11. The van der Waals surface area contributed by atoms with Gasteiger partial charge in [-0.2, -0.15) is 0 Å². The predicted octanol–water partition coefficient (Wildman–Crippen LogP) is 2.56. The van der Waals surface area contributed by atoms with Gasteiger partial charge in [-0.25, -0.2) is 0 Å². The lowest BCUT2D eigenvalue weighted by Crippen LogP contribution is -2.24. The van der Waals surface area contributed by atoms with E-state index < -0.39 is 10.8 Å². The summed E-state index contributed by atoms with van der Waals surface area (Å²) in [5.41, 5.74) is 1.38. The number of carbonyl (C=O) groups excluding carboxylic acids is 2. The zero-order valence-corrected chi connectivity index (χ0v) is 13.9. The molecule has 24 heavy (non-hydrogen) atoms. The summed E-state index contributed by atoms with van der Waals surface area (Å²) in [5.74, 6) is -0.317. The Morgan fingerprint density at radius 2 is 1.92 bits per heavy atom. The maximum Gasteiger partial charge on any atom is 0.237 e. The van der Waals surface area contributed by atoms with Gasteiger partial charge in [-0.1, -0.05) is 24.3 Å². The van der Waals surface area contributed by atoms with E-state index in [4.69, 9.17) is 0 Å². The van der Waals surface area contributed by atoms with Crippen molar-refractivity contribution >= 4 is 34.0 Å². The van der Waals surface area contributed by atoms with Crippen LogP contribution in [0.25, 0.3) is 0 Å². The molecule has 1 atom stereocenters. The highest BCUT2D eigenvalue weighted by Crippen LogP contribution is 2.24. The lowest BCUT2D eigenvalue weighted by Gasteiger charge is -2.16. The van der Waals surface area contributed by atoms with Gasteiger partial charge >= 0.3 is 0 Å². The van der Waals surface area contributed by atoms with Crippen LogP contribution in [-0.2, 0) is 20.4 Å². The van der Waals surface area contributed by atoms with Crippen molar-refractivity contribution < 1.29 is 13.8 Å². The molecule has 1 aliphatic heterocycles. The molecule has 2 amide bonds. The van der Waals surface area contributed by atoms with Gasteiger partial charge in [-0.05, 0) is 36.8 Å². The molecular formula is C18H18N2O3S. The highest BCUT2D eigenvalue weighted by Gasteiger charge is 2.21. The van der Waals surface area contributed by atoms with Crippen LogP contribution in [0.1, 0.15) is 12.8 Å². The maximum atomic E-state index is 12.2. The Morgan fingerprint density at radius 1 is 1.12 bits per heavy atom. The molecule has 5 nitrogen and oxygen atoms in total. The van der Waals surface area contributed by atoms with E-state index in [0.717, 1.165) is 12.1 Å². The smallest absolute Gasteiger partial charge is 0.237 e. The zero-order chi connectivity index (χ0) is 16.9. The van der Waals surface area contributed by atoms with E-state index in [1.807, 2.05) is 12.1 Å². The van der Waals surface area contributed by atoms with Crippen LogP contribution in [-0.4, -0.2) is 28.3 Å². The van der Waals surface area contributed by atoms with E-state index in [1.165, 1.54) is 0 Å². The summed E-state index contributed by atoms with van der Waals surface area (Å²) >= 11 is 0. The van der Waals surface area contributed by atoms with Crippen molar-refractivity contribution in [2.45, 2.75) is 17.7 Å².